The summed E-state index contributed by atoms with van der Waals surface area (Å²) in [5.41, 5.74) is 0.635. The van der Waals surface area contributed by atoms with Crippen molar-refractivity contribution in [3.63, 3.8) is 0 Å². The van der Waals surface area contributed by atoms with Crippen LogP contribution in [0.15, 0.2) is 47.4 Å². The lowest BCUT2D eigenvalue weighted by atomic mass is 10.2. The van der Waals surface area contributed by atoms with E-state index in [1.807, 2.05) is 24.3 Å². The topological polar surface area (TPSA) is 32.3 Å². The molecule has 2 amide bonds. The van der Waals surface area contributed by atoms with Gasteiger partial charge in [0.2, 0.25) is 0 Å². The Balaban J connectivity index is 1.88. The Morgan fingerprint density at radius 3 is 2.87 bits per heavy atom. The van der Waals surface area contributed by atoms with Gasteiger partial charge in [-0.3, -0.25) is 4.90 Å². The van der Waals surface area contributed by atoms with Crippen LogP contribution in [0.5, 0.6) is 0 Å². The van der Waals surface area contributed by atoms with Crippen molar-refractivity contribution in [1.29, 1.82) is 0 Å². The number of para-hydroxylation sites is 1. The predicted molar refractivity (Wildman–Crippen MR) is 89.1 cm³/mol. The molecule has 0 spiro atoms. The van der Waals surface area contributed by atoms with E-state index < -0.39 is 17.7 Å². The summed E-state index contributed by atoms with van der Waals surface area (Å²) < 4.78 is 27.0. The minimum atomic E-state index is -0.661. The highest BCUT2D eigenvalue weighted by molar-refractivity contribution is 8.00. The van der Waals surface area contributed by atoms with Gasteiger partial charge in [0.25, 0.3) is 0 Å². The number of amides is 2. The van der Waals surface area contributed by atoms with Gasteiger partial charge in [-0.1, -0.05) is 19.1 Å². The predicted octanol–water partition coefficient (Wildman–Crippen LogP) is 4.89. The molecule has 3 rings (SSSR count). The second-order valence-corrected chi connectivity index (χ2v) is 6.62. The Kier molecular flexibility index (Phi) is 4.52. The van der Waals surface area contributed by atoms with Crippen LogP contribution in [0, 0.1) is 11.6 Å². The number of urea groups is 1. The number of hydrogen-bond acceptors (Lipinski definition) is 2. The number of fused-ring (bicyclic) bond motifs is 1. The van der Waals surface area contributed by atoms with Crippen molar-refractivity contribution >= 4 is 29.2 Å². The largest absolute Gasteiger partial charge is 0.326 e. The number of nitrogens with zero attached hydrogens (tertiary/aromatic N) is 1. The molecule has 1 N–H and O–H groups in total. The summed E-state index contributed by atoms with van der Waals surface area (Å²) in [7, 11) is 0. The van der Waals surface area contributed by atoms with Gasteiger partial charge in [-0.25, -0.2) is 13.6 Å². The summed E-state index contributed by atoms with van der Waals surface area (Å²) >= 11 is 1.73. The number of carbonyl (C=O) groups is 1. The van der Waals surface area contributed by atoms with E-state index in [0.29, 0.717) is 6.54 Å². The number of hydrogen-bond donors (Lipinski definition) is 1. The Hall–Kier alpha value is -2.08. The number of thioether (sulfide) groups is 1. The summed E-state index contributed by atoms with van der Waals surface area (Å²) in [5, 5.41) is 2.74. The fourth-order valence-electron chi connectivity index (χ4n) is 2.48. The van der Waals surface area contributed by atoms with Crippen LogP contribution >= 0.6 is 11.8 Å². The van der Waals surface area contributed by atoms with Gasteiger partial charge in [-0.15, -0.1) is 11.8 Å². The van der Waals surface area contributed by atoms with Gasteiger partial charge in [0.05, 0.1) is 11.4 Å². The number of benzene rings is 2. The fraction of sp³-hybridized carbons (Fsp3) is 0.235. The summed E-state index contributed by atoms with van der Waals surface area (Å²) in [6, 6.07) is 10.1. The quantitative estimate of drug-likeness (QED) is 0.848. The highest BCUT2D eigenvalue weighted by Gasteiger charge is 2.28. The van der Waals surface area contributed by atoms with E-state index in [4.69, 9.17) is 0 Å². The molecule has 0 saturated carbocycles. The van der Waals surface area contributed by atoms with Crippen LogP contribution in [-0.4, -0.2) is 17.8 Å². The average Bonchev–Trinajstić information content (AvgIpc) is 2.57. The van der Waals surface area contributed by atoms with Gasteiger partial charge in [0.1, 0.15) is 11.6 Å². The van der Waals surface area contributed by atoms with Gasteiger partial charge in [0.15, 0.2) is 0 Å². The van der Waals surface area contributed by atoms with Crippen LogP contribution in [0.1, 0.15) is 13.3 Å². The maximum atomic E-state index is 13.7. The first-order chi connectivity index (χ1) is 11.1. The Morgan fingerprint density at radius 2 is 2.09 bits per heavy atom. The number of halogens is 2. The average molecular weight is 334 g/mol. The molecule has 0 fully saturated rings. The van der Waals surface area contributed by atoms with Gasteiger partial charge in [0, 0.05) is 22.8 Å². The van der Waals surface area contributed by atoms with Gasteiger partial charge < -0.3 is 5.32 Å². The molecular weight excluding hydrogens is 318 g/mol. The third-order valence-corrected chi connectivity index (χ3v) is 5.12. The maximum absolute atomic E-state index is 13.7. The van der Waals surface area contributed by atoms with E-state index in [2.05, 4.69) is 12.2 Å². The number of rotatable bonds is 2. The van der Waals surface area contributed by atoms with Gasteiger partial charge in [-0.05, 0) is 30.7 Å². The summed E-state index contributed by atoms with van der Waals surface area (Å²) in [6.45, 7) is 2.59. The smallest absolute Gasteiger partial charge is 0.305 e. The molecule has 0 aromatic heterocycles. The fourth-order valence-corrected chi connectivity index (χ4v) is 3.68. The molecule has 1 heterocycles. The Labute approximate surface area is 137 Å². The lowest BCUT2D eigenvalue weighted by molar-refractivity contribution is 0.256. The molecule has 1 atom stereocenters. The molecule has 0 radical (unpaired) electrons. The third kappa shape index (κ3) is 3.32. The lowest BCUT2D eigenvalue weighted by Gasteiger charge is -2.33. The minimum Gasteiger partial charge on any atom is -0.305 e. The van der Waals surface area contributed by atoms with Crippen molar-refractivity contribution in [2.75, 3.05) is 16.8 Å². The van der Waals surface area contributed by atoms with E-state index in [1.165, 1.54) is 0 Å². The zero-order chi connectivity index (χ0) is 16.4. The summed E-state index contributed by atoms with van der Waals surface area (Å²) in [6.07, 6.45) is 0.914. The highest BCUT2D eigenvalue weighted by Crippen LogP contribution is 2.39. The third-order valence-electron chi connectivity index (χ3n) is 3.71. The van der Waals surface area contributed by atoms with Crippen LogP contribution < -0.4 is 10.2 Å². The number of carbonyl (C=O) groups excluding carboxylic acids is 1. The van der Waals surface area contributed by atoms with E-state index >= 15 is 0 Å². The molecular formula is C17H16F2N2OS. The van der Waals surface area contributed by atoms with Crippen LogP contribution in [0.4, 0.5) is 25.0 Å². The summed E-state index contributed by atoms with van der Waals surface area (Å²) in [5.74, 6) is -1.26. The standard InChI is InChI=1S/C17H16F2N2OS/c1-2-12-10-21(15-5-3-4-6-16(15)23-12)17(22)20-14-9-11(18)7-8-13(14)19/h3-9,12H,2,10H2,1H3,(H,20,22)/t12-/m1/s1. The van der Waals surface area contributed by atoms with E-state index in [0.717, 1.165) is 35.2 Å². The van der Waals surface area contributed by atoms with Crippen LogP contribution in [0.3, 0.4) is 0 Å². The molecule has 2 aromatic rings. The monoisotopic (exact) mass is 334 g/mol. The number of nitrogens with one attached hydrogen (secondary N) is 1. The molecule has 120 valence electrons. The van der Waals surface area contributed by atoms with Crippen LogP contribution in [0.25, 0.3) is 0 Å². The molecule has 1 aliphatic heterocycles. The van der Waals surface area contributed by atoms with E-state index in [1.54, 1.807) is 16.7 Å². The van der Waals surface area contributed by atoms with Gasteiger partial charge >= 0.3 is 6.03 Å². The minimum absolute atomic E-state index is 0.154. The Bertz CT molecular complexity index is 738. The van der Waals surface area contributed by atoms with Crippen LogP contribution in [-0.2, 0) is 0 Å². The van der Waals surface area contributed by atoms with Crippen LogP contribution in [0.2, 0.25) is 0 Å². The molecule has 0 bridgehead atoms. The molecule has 2 aromatic carbocycles. The highest BCUT2D eigenvalue weighted by atomic mass is 32.2. The second-order valence-electron chi connectivity index (χ2n) is 5.28. The van der Waals surface area contributed by atoms with Crippen molar-refractivity contribution in [3.8, 4) is 0 Å². The zero-order valence-electron chi connectivity index (χ0n) is 12.6. The Morgan fingerprint density at radius 1 is 1.30 bits per heavy atom. The van der Waals surface area contributed by atoms with Gasteiger partial charge in [-0.2, -0.15) is 0 Å². The lowest BCUT2D eigenvalue weighted by Crippen LogP contribution is -2.42. The first-order valence-electron chi connectivity index (χ1n) is 7.37. The molecule has 6 heteroatoms. The molecule has 1 aliphatic rings. The van der Waals surface area contributed by atoms with Crippen molar-refractivity contribution in [1.82, 2.24) is 0 Å². The van der Waals surface area contributed by atoms with E-state index in [-0.39, 0.29) is 10.9 Å². The second kappa shape index (κ2) is 6.58. The molecule has 23 heavy (non-hydrogen) atoms. The molecule has 3 nitrogen and oxygen atoms in total. The van der Waals surface area contributed by atoms with Crippen molar-refractivity contribution in [2.24, 2.45) is 0 Å². The summed E-state index contributed by atoms with van der Waals surface area (Å²) in [4.78, 5) is 15.2. The van der Waals surface area contributed by atoms with Crippen molar-refractivity contribution in [3.05, 3.63) is 54.1 Å². The molecule has 0 aliphatic carbocycles. The normalized spacial score (nSPS) is 16.8. The van der Waals surface area contributed by atoms with Crippen molar-refractivity contribution in [2.45, 2.75) is 23.5 Å². The molecule has 0 saturated heterocycles. The van der Waals surface area contributed by atoms with E-state index in [9.17, 15) is 13.6 Å². The SMILES string of the molecule is CC[C@@H]1CN(C(=O)Nc2cc(F)ccc2F)c2ccccc2S1. The first kappa shape index (κ1) is 15.8. The molecule has 0 unspecified atom stereocenters. The van der Waals surface area contributed by atoms with Crippen molar-refractivity contribution < 1.29 is 13.6 Å². The number of anilines is 2. The first-order valence-corrected chi connectivity index (χ1v) is 8.25. The maximum Gasteiger partial charge on any atom is 0.326 e. The zero-order valence-corrected chi connectivity index (χ0v) is 13.4.